The minimum Gasteiger partial charge on any atom is -0.330 e. The molecule has 0 unspecified atom stereocenters. The van der Waals surface area contributed by atoms with Crippen LogP contribution < -0.4 is 5.73 Å². The molecule has 0 aliphatic carbocycles. The lowest BCUT2D eigenvalue weighted by atomic mass is 10.1. The van der Waals surface area contributed by atoms with Gasteiger partial charge >= 0.3 is 0 Å². The highest BCUT2D eigenvalue weighted by molar-refractivity contribution is 9.10. The van der Waals surface area contributed by atoms with E-state index in [1.807, 2.05) is 6.07 Å². The van der Waals surface area contributed by atoms with Crippen LogP contribution in [0.4, 0.5) is 5.69 Å². The molecule has 0 aliphatic rings. The summed E-state index contributed by atoms with van der Waals surface area (Å²) in [7, 11) is 0. The number of aryl methyl sites for hydroxylation is 1. The fourth-order valence-corrected chi connectivity index (χ4v) is 1.55. The molecule has 14 heavy (non-hydrogen) atoms. The number of hydrogen-bond donors (Lipinski definition) is 1. The zero-order valence-electron chi connectivity index (χ0n) is 7.57. The highest BCUT2D eigenvalue weighted by Crippen LogP contribution is 2.25. The molecule has 76 valence electrons. The molecular formula is C9H11BrN2O2. The first-order chi connectivity index (χ1) is 6.65. The van der Waals surface area contributed by atoms with Crippen LogP contribution in [-0.4, -0.2) is 11.5 Å². The van der Waals surface area contributed by atoms with Crippen molar-refractivity contribution in [3.63, 3.8) is 0 Å². The predicted molar refractivity (Wildman–Crippen MR) is 58.2 cm³/mol. The standard InChI is InChI=1S/C9H11BrN2O2/c10-8-4-3-7(2-1-5-11)6-9(8)12(13)14/h3-4,6H,1-2,5,11H2. The van der Waals surface area contributed by atoms with Gasteiger partial charge in [-0.2, -0.15) is 0 Å². The zero-order chi connectivity index (χ0) is 10.6. The molecule has 0 saturated heterocycles. The maximum Gasteiger partial charge on any atom is 0.283 e. The lowest BCUT2D eigenvalue weighted by Crippen LogP contribution is -2.00. The number of halogens is 1. The highest BCUT2D eigenvalue weighted by atomic mass is 79.9. The quantitative estimate of drug-likeness (QED) is 0.666. The minimum absolute atomic E-state index is 0.111. The van der Waals surface area contributed by atoms with Gasteiger partial charge < -0.3 is 5.73 Å². The molecule has 0 heterocycles. The molecule has 2 N–H and O–H groups in total. The van der Waals surface area contributed by atoms with E-state index < -0.39 is 4.92 Å². The van der Waals surface area contributed by atoms with Crippen LogP contribution in [0.1, 0.15) is 12.0 Å². The van der Waals surface area contributed by atoms with Gasteiger partial charge in [0.2, 0.25) is 0 Å². The number of nitrogens with zero attached hydrogens (tertiary/aromatic N) is 1. The van der Waals surface area contributed by atoms with Crippen molar-refractivity contribution in [3.05, 3.63) is 38.3 Å². The first-order valence-electron chi connectivity index (χ1n) is 4.28. The molecule has 0 amide bonds. The summed E-state index contributed by atoms with van der Waals surface area (Å²) in [6.45, 7) is 0.601. The second-order valence-electron chi connectivity index (χ2n) is 2.94. The number of nitro benzene ring substituents is 1. The normalized spacial score (nSPS) is 10.1. The van der Waals surface area contributed by atoms with Gasteiger partial charge in [-0.15, -0.1) is 0 Å². The monoisotopic (exact) mass is 258 g/mol. The fourth-order valence-electron chi connectivity index (χ4n) is 1.16. The van der Waals surface area contributed by atoms with Crippen LogP contribution in [0.2, 0.25) is 0 Å². The van der Waals surface area contributed by atoms with Gasteiger partial charge in [0.1, 0.15) is 0 Å². The van der Waals surface area contributed by atoms with E-state index in [2.05, 4.69) is 15.9 Å². The molecule has 1 aromatic rings. The minimum atomic E-state index is -0.393. The molecule has 0 spiro atoms. The third kappa shape index (κ3) is 2.78. The first-order valence-corrected chi connectivity index (χ1v) is 5.07. The van der Waals surface area contributed by atoms with Gasteiger partial charge in [-0.05, 0) is 46.9 Å². The van der Waals surface area contributed by atoms with Crippen LogP contribution in [-0.2, 0) is 6.42 Å². The molecule has 0 fully saturated rings. The molecule has 5 heteroatoms. The summed E-state index contributed by atoms with van der Waals surface area (Å²) < 4.78 is 0.513. The lowest BCUT2D eigenvalue weighted by molar-refractivity contribution is -0.385. The summed E-state index contributed by atoms with van der Waals surface area (Å²) in [6.07, 6.45) is 1.63. The van der Waals surface area contributed by atoms with Gasteiger partial charge in [-0.3, -0.25) is 10.1 Å². The Balaban J connectivity index is 2.89. The summed E-state index contributed by atoms with van der Waals surface area (Å²) >= 11 is 3.13. The van der Waals surface area contributed by atoms with Crippen molar-refractivity contribution >= 4 is 21.6 Å². The summed E-state index contributed by atoms with van der Waals surface area (Å²) in [4.78, 5) is 10.2. The Morgan fingerprint density at radius 3 is 2.79 bits per heavy atom. The maximum absolute atomic E-state index is 10.6. The van der Waals surface area contributed by atoms with Gasteiger partial charge in [0.15, 0.2) is 0 Å². The molecule has 0 aromatic heterocycles. The Kier molecular flexibility index (Phi) is 4.03. The molecule has 1 aromatic carbocycles. The number of nitrogens with two attached hydrogens (primary N) is 1. The highest BCUT2D eigenvalue weighted by Gasteiger charge is 2.11. The van der Waals surface area contributed by atoms with E-state index in [0.717, 1.165) is 18.4 Å². The molecule has 0 saturated carbocycles. The number of nitro groups is 1. The number of benzene rings is 1. The van der Waals surface area contributed by atoms with Gasteiger partial charge in [-0.1, -0.05) is 6.07 Å². The molecule has 0 bridgehead atoms. The van der Waals surface area contributed by atoms with E-state index in [4.69, 9.17) is 5.73 Å². The van der Waals surface area contributed by atoms with E-state index in [0.29, 0.717) is 11.0 Å². The van der Waals surface area contributed by atoms with E-state index in [1.165, 1.54) is 0 Å². The Morgan fingerprint density at radius 1 is 1.50 bits per heavy atom. The first kappa shape index (κ1) is 11.1. The number of rotatable bonds is 4. The van der Waals surface area contributed by atoms with E-state index in [1.54, 1.807) is 12.1 Å². The van der Waals surface area contributed by atoms with Crippen LogP contribution in [0.3, 0.4) is 0 Å². The zero-order valence-corrected chi connectivity index (χ0v) is 9.16. The van der Waals surface area contributed by atoms with Gasteiger partial charge in [0, 0.05) is 6.07 Å². The Bertz CT molecular complexity index is 342. The van der Waals surface area contributed by atoms with Crippen LogP contribution in [0, 0.1) is 10.1 Å². The molecular weight excluding hydrogens is 248 g/mol. The topological polar surface area (TPSA) is 69.2 Å². The average molecular weight is 259 g/mol. The third-order valence-electron chi connectivity index (χ3n) is 1.88. The summed E-state index contributed by atoms with van der Waals surface area (Å²) in [6, 6.07) is 5.15. The summed E-state index contributed by atoms with van der Waals surface area (Å²) in [5, 5.41) is 10.6. The van der Waals surface area contributed by atoms with Crippen molar-refractivity contribution < 1.29 is 4.92 Å². The molecule has 0 radical (unpaired) electrons. The summed E-state index contributed by atoms with van der Waals surface area (Å²) in [5.74, 6) is 0. The fraction of sp³-hybridized carbons (Fsp3) is 0.333. The largest absolute Gasteiger partial charge is 0.330 e. The van der Waals surface area contributed by atoms with Crippen LogP contribution in [0.25, 0.3) is 0 Å². The van der Waals surface area contributed by atoms with Crippen molar-refractivity contribution in [1.82, 2.24) is 0 Å². The van der Waals surface area contributed by atoms with Gasteiger partial charge in [-0.25, -0.2) is 0 Å². The molecule has 0 aliphatic heterocycles. The number of hydrogen-bond acceptors (Lipinski definition) is 3. The lowest BCUT2D eigenvalue weighted by Gasteiger charge is -2.00. The van der Waals surface area contributed by atoms with E-state index in [9.17, 15) is 10.1 Å². The van der Waals surface area contributed by atoms with E-state index in [-0.39, 0.29) is 5.69 Å². The smallest absolute Gasteiger partial charge is 0.283 e. The Labute approximate surface area is 90.4 Å². The van der Waals surface area contributed by atoms with E-state index >= 15 is 0 Å². The van der Waals surface area contributed by atoms with Crippen molar-refractivity contribution in [2.45, 2.75) is 12.8 Å². The SMILES string of the molecule is NCCCc1ccc(Br)c([N+](=O)[O-])c1. The Hall–Kier alpha value is -0.940. The van der Waals surface area contributed by atoms with Crippen LogP contribution in [0.15, 0.2) is 22.7 Å². The van der Waals surface area contributed by atoms with Crippen LogP contribution in [0.5, 0.6) is 0 Å². The molecule has 1 rings (SSSR count). The van der Waals surface area contributed by atoms with Crippen molar-refractivity contribution in [1.29, 1.82) is 0 Å². The van der Waals surface area contributed by atoms with Crippen LogP contribution >= 0.6 is 15.9 Å². The van der Waals surface area contributed by atoms with Crippen molar-refractivity contribution in [3.8, 4) is 0 Å². The average Bonchev–Trinajstić information content (AvgIpc) is 2.16. The molecule has 0 atom stereocenters. The summed E-state index contributed by atoms with van der Waals surface area (Å²) in [5.41, 5.74) is 6.42. The Morgan fingerprint density at radius 2 is 2.21 bits per heavy atom. The maximum atomic E-state index is 10.6. The van der Waals surface area contributed by atoms with Gasteiger partial charge in [0.25, 0.3) is 5.69 Å². The third-order valence-corrected chi connectivity index (χ3v) is 2.55. The predicted octanol–water partition coefficient (Wildman–Crippen LogP) is 2.25. The van der Waals surface area contributed by atoms with Crippen molar-refractivity contribution in [2.24, 2.45) is 5.73 Å². The van der Waals surface area contributed by atoms with Crippen molar-refractivity contribution in [2.75, 3.05) is 6.54 Å². The molecule has 4 nitrogen and oxygen atoms in total. The second-order valence-corrected chi connectivity index (χ2v) is 3.79. The van der Waals surface area contributed by atoms with Gasteiger partial charge in [0.05, 0.1) is 9.40 Å². The second kappa shape index (κ2) is 5.07.